The molecular formula is C39H58O4. The molecule has 6 saturated carbocycles. The lowest BCUT2D eigenvalue weighted by molar-refractivity contribution is -0.124. The maximum absolute atomic E-state index is 11.8. The van der Waals surface area contributed by atoms with Crippen LogP contribution in [0.25, 0.3) is 0 Å². The quantitative estimate of drug-likeness (QED) is 0.299. The number of hydrogen-bond acceptors (Lipinski definition) is 4. The van der Waals surface area contributed by atoms with E-state index in [1.165, 1.54) is 56.1 Å². The van der Waals surface area contributed by atoms with E-state index in [4.69, 9.17) is 0 Å². The second kappa shape index (κ2) is 10.1. The Morgan fingerprint density at radius 1 is 0.581 bits per heavy atom. The van der Waals surface area contributed by atoms with Gasteiger partial charge in [0.2, 0.25) is 0 Å². The van der Waals surface area contributed by atoms with Gasteiger partial charge in [-0.05, 0) is 166 Å². The molecule has 2 N–H and O–H groups in total. The summed E-state index contributed by atoms with van der Waals surface area (Å²) in [6.45, 7) is 11.6. The molecule has 0 aromatic rings. The molecule has 8 aliphatic carbocycles. The third-order valence-corrected chi connectivity index (χ3v) is 16.4. The van der Waals surface area contributed by atoms with E-state index in [-0.39, 0.29) is 27.8 Å². The van der Waals surface area contributed by atoms with Gasteiger partial charge in [-0.2, -0.15) is 0 Å². The fourth-order valence-corrected chi connectivity index (χ4v) is 13.3. The summed E-state index contributed by atoms with van der Waals surface area (Å²) in [5.41, 5.74) is 3.21. The maximum Gasteiger partial charge on any atom is 0.155 e. The minimum absolute atomic E-state index is 0.0823. The molecule has 0 aromatic heterocycles. The Kier molecular flexibility index (Phi) is 7.15. The second-order valence-electron chi connectivity index (χ2n) is 17.8. The zero-order valence-electron chi connectivity index (χ0n) is 27.7. The zero-order chi connectivity index (χ0) is 30.6. The Hall–Kier alpha value is -1.26. The number of allylic oxidation sites excluding steroid dienone is 2. The molecule has 238 valence electrons. The number of aliphatic hydroxyl groups excluding tert-OH is 1. The second-order valence-corrected chi connectivity index (χ2v) is 17.8. The van der Waals surface area contributed by atoms with Gasteiger partial charge < -0.3 is 10.2 Å². The normalized spacial score (nSPS) is 53.5. The summed E-state index contributed by atoms with van der Waals surface area (Å²) in [5.74, 6) is 5.08. The number of rotatable bonds is 0. The van der Waals surface area contributed by atoms with Gasteiger partial charge in [-0.3, -0.25) is 9.59 Å². The number of hydrogen-bond donors (Lipinski definition) is 2. The van der Waals surface area contributed by atoms with Crippen molar-refractivity contribution in [2.45, 2.75) is 149 Å². The van der Waals surface area contributed by atoms with Crippen LogP contribution in [0.2, 0.25) is 0 Å². The number of carbonyl (C=O) groups excluding carboxylic acids is 2. The average molecular weight is 591 g/mol. The van der Waals surface area contributed by atoms with Crippen LogP contribution in [0.15, 0.2) is 23.3 Å². The van der Waals surface area contributed by atoms with Gasteiger partial charge in [0.05, 0.1) is 11.7 Å². The Bertz CT molecular complexity index is 1240. The van der Waals surface area contributed by atoms with Gasteiger partial charge in [-0.15, -0.1) is 0 Å². The van der Waals surface area contributed by atoms with Crippen LogP contribution >= 0.6 is 0 Å². The third kappa shape index (κ3) is 4.34. The highest BCUT2D eigenvalue weighted by Crippen LogP contribution is 2.68. The molecule has 0 radical (unpaired) electrons. The number of aliphatic hydroxyl groups is 2. The van der Waals surface area contributed by atoms with Crippen LogP contribution in [0.1, 0.15) is 137 Å². The van der Waals surface area contributed by atoms with Crippen LogP contribution in [0.4, 0.5) is 0 Å². The van der Waals surface area contributed by atoms with Crippen molar-refractivity contribution in [1.29, 1.82) is 0 Å². The molecule has 0 saturated heterocycles. The largest absolute Gasteiger partial charge is 0.393 e. The van der Waals surface area contributed by atoms with Crippen LogP contribution < -0.4 is 0 Å². The van der Waals surface area contributed by atoms with E-state index in [1.807, 2.05) is 12.2 Å². The average Bonchev–Trinajstić information content (AvgIpc) is 3.40. The fraction of sp³-hybridized carbons (Fsp3) is 0.846. The molecule has 43 heavy (non-hydrogen) atoms. The Balaban J connectivity index is 0.000000140. The number of fused-ring (bicyclic) bond motifs is 10. The standard InChI is InChI=1S/C20H30O2.C19H28O2/c1-18-9-6-14(21)12-13(18)4-5-15-16(18)7-10-19(2)17(15)8-11-20(19,3)22;1-18-9-7-13(20)11-12(18)3-4-14-15-5-6-17(21)19(15,2)10-8-16(14)18/h12,15-17,22H,4-11H2,1-3H3;11,14-17,21H,3-10H2,1-2H3/t15-,16+,17+,18+,19+,20+;14-,15-,16-,17-,18-,19-/m10/s1. The molecule has 8 aliphatic rings. The fourth-order valence-electron chi connectivity index (χ4n) is 13.3. The van der Waals surface area contributed by atoms with Crippen LogP contribution in [-0.4, -0.2) is 33.5 Å². The van der Waals surface area contributed by atoms with Gasteiger partial charge in [-0.25, -0.2) is 0 Å². The molecule has 4 heteroatoms. The van der Waals surface area contributed by atoms with E-state index in [0.29, 0.717) is 23.4 Å². The van der Waals surface area contributed by atoms with E-state index < -0.39 is 5.60 Å². The topological polar surface area (TPSA) is 74.6 Å². The minimum atomic E-state index is -0.484. The first-order valence-electron chi connectivity index (χ1n) is 18.1. The minimum Gasteiger partial charge on any atom is -0.393 e. The molecule has 0 bridgehead atoms. The first kappa shape index (κ1) is 30.4. The van der Waals surface area contributed by atoms with Crippen LogP contribution in [-0.2, 0) is 9.59 Å². The third-order valence-electron chi connectivity index (χ3n) is 16.4. The summed E-state index contributed by atoms with van der Waals surface area (Å²) in [6, 6.07) is 0. The van der Waals surface area contributed by atoms with Gasteiger partial charge in [0.15, 0.2) is 11.6 Å². The zero-order valence-corrected chi connectivity index (χ0v) is 27.7. The Labute approximate surface area is 260 Å². The lowest BCUT2D eigenvalue weighted by atomic mass is 9.46. The lowest BCUT2D eigenvalue weighted by Crippen LogP contribution is -2.53. The van der Waals surface area contributed by atoms with Gasteiger partial charge in [-0.1, -0.05) is 38.8 Å². The molecule has 0 spiro atoms. The molecule has 0 amide bonds. The number of ketones is 2. The van der Waals surface area contributed by atoms with Crippen molar-refractivity contribution in [1.82, 2.24) is 0 Å². The van der Waals surface area contributed by atoms with Crippen LogP contribution in [0, 0.1) is 57.2 Å². The van der Waals surface area contributed by atoms with E-state index in [2.05, 4.69) is 34.6 Å². The van der Waals surface area contributed by atoms with Crippen molar-refractivity contribution >= 4 is 11.6 Å². The summed E-state index contributed by atoms with van der Waals surface area (Å²) >= 11 is 0. The van der Waals surface area contributed by atoms with Crippen molar-refractivity contribution in [3.05, 3.63) is 23.3 Å². The first-order chi connectivity index (χ1) is 20.2. The predicted molar refractivity (Wildman–Crippen MR) is 170 cm³/mol. The van der Waals surface area contributed by atoms with Crippen LogP contribution in [0.5, 0.6) is 0 Å². The summed E-state index contributed by atoms with van der Waals surface area (Å²) in [5, 5.41) is 21.4. The van der Waals surface area contributed by atoms with Gasteiger partial charge in [0.25, 0.3) is 0 Å². The molecular weight excluding hydrogens is 532 g/mol. The number of carbonyl (C=O) groups is 2. The Morgan fingerprint density at radius 3 is 1.67 bits per heavy atom. The lowest BCUT2D eigenvalue weighted by Gasteiger charge is -2.58. The van der Waals surface area contributed by atoms with Gasteiger partial charge in [0.1, 0.15) is 0 Å². The molecule has 8 rings (SSSR count). The highest BCUT2D eigenvalue weighted by Gasteiger charge is 2.62. The van der Waals surface area contributed by atoms with Crippen molar-refractivity contribution < 1.29 is 19.8 Å². The molecule has 0 aliphatic heterocycles. The summed E-state index contributed by atoms with van der Waals surface area (Å²) in [4.78, 5) is 23.6. The first-order valence-corrected chi connectivity index (χ1v) is 18.1. The molecule has 0 aromatic carbocycles. The SMILES string of the molecule is C[C@]12CCC(=O)C=C1CC[C@@H]1[C@@H]2CC[C@@]2(C)[C@H]1CC[C@]2(C)O.C[C@]12CC[C@H]3[C@@H](CCC4=CC(=O)CC[C@@]43C)[C@@H]1CC[C@@H]2O. The molecule has 6 fully saturated rings. The predicted octanol–water partition coefficient (Wildman–Crippen LogP) is 8.15. The Morgan fingerprint density at radius 2 is 1.09 bits per heavy atom. The van der Waals surface area contributed by atoms with Gasteiger partial charge in [0, 0.05) is 12.8 Å². The molecule has 4 nitrogen and oxygen atoms in total. The van der Waals surface area contributed by atoms with E-state index in [9.17, 15) is 19.8 Å². The highest BCUT2D eigenvalue weighted by molar-refractivity contribution is 5.92. The summed E-state index contributed by atoms with van der Waals surface area (Å²) in [7, 11) is 0. The maximum atomic E-state index is 11.8. The monoisotopic (exact) mass is 590 g/mol. The van der Waals surface area contributed by atoms with Crippen molar-refractivity contribution in [3.8, 4) is 0 Å². The summed E-state index contributed by atoms with van der Waals surface area (Å²) < 4.78 is 0. The van der Waals surface area contributed by atoms with E-state index in [1.54, 1.807) is 0 Å². The summed E-state index contributed by atoms with van der Waals surface area (Å²) in [6.07, 6.45) is 21.4. The van der Waals surface area contributed by atoms with Crippen LogP contribution in [0.3, 0.4) is 0 Å². The highest BCUT2D eigenvalue weighted by atomic mass is 16.3. The molecule has 0 unspecified atom stereocenters. The smallest absolute Gasteiger partial charge is 0.155 e. The molecule has 0 heterocycles. The van der Waals surface area contributed by atoms with E-state index in [0.717, 1.165) is 81.5 Å². The van der Waals surface area contributed by atoms with Crippen molar-refractivity contribution in [3.63, 3.8) is 0 Å². The van der Waals surface area contributed by atoms with Crippen molar-refractivity contribution in [2.75, 3.05) is 0 Å². The van der Waals surface area contributed by atoms with Gasteiger partial charge >= 0.3 is 0 Å². The van der Waals surface area contributed by atoms with Crippen molar-refractivity contribution in [2.24, 2.45) is 57.2 Å². The molecule has 12 atom stereocenters. The van der Waals surface area contributed by atoms with E-state index >= 15 is 0 Å².